The van der Waals surface area contributed by atoms with Crippen LogP contribution in [0.15, 0.2) is 83.8 Å². The first-order chi connectivity index (χ1) is 14.3. The Hall–Kier alpha value is -3.38. The Morgan fingerprint density at radius 2 is 1.63 bits per heavy atom. The molecule has 0 fully saturated rings. The standard InChI is InChI=1S/C24H24N2O3S/c1-18-9-15-23(16-10-18)30(28,29)26-21-13-11-19(12-14-21)5-4-7-22(27)17-20-6-2-3-8-24(20)25/h2-6,8-16,26H,7,17,25H2,1H3/b5-4+. The zero-order chi connectivity index (χ0) is 21.6. The van der Waals surface area contributed by atoms with E-state index in [-0.39, 0.29) is 10.7 Å². The summed E-state index contributed by atoms with van der Waals surface area (Å²) in [5, 5.41) is 0. The van der Waals surface area contributed by atoms with Gasteiger partial charge in [0.05, 0.1) is 4.90 Å². The van der Waals surface area contributed by atoms with Gasteiger partial charge in [-0.1, -0.05) is 60.2 Å². The van der Waals surface area contributed by atoms with Crippen LogP contribution in [0.2, 0.25) is 0 Å². The van der Waals surface area contributed by atoms with Crippen LogP contribution in [-0.2, 0) is 21.2 Å². The highest BCUT2D eigenvalue weighted by molar-refractivity contribution is 7.92. The molecule has 0 radical (unpaired) electrons. The number of allylic oxidation sites excluding steroid dienone is 1. The SMILES string of the molecule is Cc1ccc(S(=O)(=O)Nc2ccc(/C=C/CC(=O)Cc3ccccc3N)cc2)cc1. The van der Waals surface area contributed by atoms with Gasteiger partial charge in [-0.3, -0.25) is 9.52 Å². The number of Topliss-reactive ketones (excluding diaryl/α,β-unsaturated/α-hetero) is 1. The number of nitrogens with two attached hydrogens (primary N) is 1. The molecule has 0 amide bonds. The number of hydrogen-bond acceptors (Lipinski definition) is 4. The molecule has 3 rings (SSSR count). The number of carbonyl (C=O) groups excluding carboxylic acids is 1. The fraction of sp³-hybridized carbons (Fsp3) is 0.125. The van der Waals surface area contributed by atoms with Crippen molar-refractivity contribution in [1.29, 1.82) is 0 Å². The molecule has 0 heterocycles. The van der Waals surface area contributed by atoms with E-state index >= 15 is 0 Å². The topological polar surface area (TPSA) is 89.3 Å². The molecule has 0 saturated carbocycles. The Kier molecular flexibility index (Phi) is 6.69. The predicted octanol–water partition coefficient (Wildman–Crippen LogP) is 4.59. The number of nitrogens with one attached hydrogen (secondary N) is 1. The highest BCUT2D eigenvalue weighted by atomic mass is 32.2. The minimum Gasteiger partial charge on any atom is -0.398 e. The third-order valence-corrected chi connectivity index (χ3v) is 5.99. The van der Waals surface area contributed by atoms with Crippen LogP contribution < -0.4 is 10.5 Å². The summed E-state index contributed by atoms with van der Waals surface area (Å²) in [5.41, 5.74) is 9.68. The Balaban J connectivity index is 1.57. The van der Waals surface area contributed by atoms with E-state index in [9.17, 15) is 13.2 Å². The van der Waals surface area contributed by atoms with Crippen molar-refractivity contribution in [3.8, 4) is 0 Å². The minimum atomic E-state index is -3.63. The summed E-state index contributed by atoms with van der Waals surface area (Å²) in [6.07, 6.45) is 4.24. The molecule has 3 N–H and O–H groups in total. The second-order valence-electron chi connectivity index (χ2n) is 7.06. The molecule has 6 heteroatoms. The van der Waals surface area contributed by atoms with Crippen molar-refractivity contribution in [3.05, 3.63) is 95.6 Å². The molecule has 0 aliphatic carbocycles. The van der Waals surface area contributed by atoms with Crippen molar-refractivity contribution >= 4 is 33.3 Å². The fourth-order valence-corrected chi connectivity index (χ4v) is 3.96. The Labute approximate surface area is 177 Å². The van der Waals surface area contributed by atoms with Crippen molar-refractivity contribution in [2.24, 2.45) is 0 Å². The highest BCUT2D eigenvalue weighted by Crippen LogP contribution is 2.18. The number of benzene rings is 3. The molecule has 0 spiro atoms. The Morgan fingerprint density at radius 1 is 0.967 bits per heavy atom. The lowest BCUT2D eigenvalue weighted by Crippen LogP contribution is -2.12. The minimum absolute atomic E-state index is 0.0756. The number of carbonyl (C=O) groups is 1. The fourth-order valence-electron chi connectivity index (χ4n) is 2.90. The number of hydrogen-bond donors (Lipinski definition) is 2. The van der Waals surface area contributed by atoms with Gasteiger partial charge in [0.25, 0.3) is 10.0 Å². The number of sulfonamides is 1. The summed E-state index contributed by atoms with van der Waals surface area (Å²) in [7, 11) is -3.63. The number of anilines is 2. The van der Waals surface area contributed by atoms with Gasteiger partial charge in [0.1, 0.15) is 5.78 Å². The van der Waals surface area contributed by atoms with Gasteiger partial charge in [-0.2, -0.15) is 0 Å². The average molecular weight is 421 g/mol. The lowest BCUT2D eigenvalue weighted by Gasteiger charge is -2.08. The molecule has 0 aromatic heterocycles. The first-order valence-corrected chi connectivity index (χ1v) is 11.0. The van der Waals surface area contributed by atoms with Crippen LogP contribution in [0.5, 0.6) is 0 Å². The van der Waals surface area contributed by atoms with E-state index < -0.39 is 10.0 Å². The predicted molar refractivity (Wildman–Crippen MR) is 122 cm³/mol. The summed E-state index contributed by atoms with van der Waals surface area (Å²) in [4.78, 5) is 12.4. The summed E-state index contributed by atoms with van der Waals surface area (Å²) < 4.78 is 27.5. The van der Waals surface area contributed by atoms with E-state index in [1.54, 1.807) is 60.7 Å². The molecular formula is C24H24N2O3S. The van der Waals surface area contributed by atoms with E-state index in [4.69, 9.17) is 5.73 Å². The van der Waals surface area contributed by atoms with E-state index in [0.29, 0.717) is 24.2 Å². The van der Waals surface area contributed by atoms with E-state index in [0.717, 1.165) is 16.7 Å². The maximum Gasteiger partial charge on any atom is 0.261 e. The van der Waals surface area contributed by atoms with Crippen molar-refractivity contribution in [2.75, 3.05) is 10.5 Å². The van der Waals surface area contributed by atoms with Crippen LogP contribution in [0.4, 0.5) is 11.4 Å². The zero-order valence-electron chi connectivity index (χ0n) is 16.7. The number of rotatable bonds is 8. The van der Waals surface area contributed by atoms with Gasteiger partial charge < -0.3 is 5.73 Å². The van der Waals surface area contributed by atoms with Crippen LogP contribution in [0.1, 0.15) is 23.1 Å². The van der Waals surface area contributed by atoms with Crippen molar-refractivity contribution in [2.45, 2.75) is 24.7 Å². The maximum atomic E-state index is 12.4. The van der Waals surface area contributed by atoms with Crippen molar-refractivity contribution < 1.29 is 13.2 Å². The molecule has 5 nitrogen and oxygen atoms in total. The molecule has 30 heavy (non-hydrogen) atoms. The lowest BCUT2D eigenvalue weighted by molar-refractivity contribution is -0.117. The smallest absolute Gasteiger partial charge is 0.261 e. The van der Waals surface area contributed by atoms with Crippen LogP contribution in [0, 0.1) is 6.92 Å². The molecule has 3 aromatic carbocycles. The second-order valence-corrected chi connectivity index (χ2v) is 8.74. The number of nitrogen functional groups attached to an aromatic ring is 1. The van der Waals surface area contributed by atoms with Gasteiger partial charge in [0.15, 0.2) is 0 Å². The molecular weight excluding hydrogens is 396 g/mol. The Morgan fingerprint density at radius 3 is 2.30 bits per heavy atom. The van der Waals surface area contributed by atoms with Crippen LogP contribution in [0.3, 0.4) is 0 Å². The number of aryl methyl sites for hydroxylation is 1. The summed E-state index contributed by atoms with van der Waals surface area (Å²) in [6.45, 7) is 1.90. The normalized spacial score (nSPS) is 11.5. The zero-order valence-corrected chi connectivity index (χ0v) is 17.5. The first-order valence-electron chi connectivity index (χ1n) is 9.55. The molecule has 3 aromatic rings. The Bertz CT molecular complexity index is 1150. The largest absolute Gasteiger partial charge is 0.398 e. The summed E-state index contributed by atoms with van der Waals surface area (Å²) in [6, 6.07) is 21.0. The van der Waals surface area contributed by atoms with Crippen LogP contribution in [0.25, 0.3) is 6.08 Å². The summed E-state index contributed by atoms with van der Waals surface area (Å²) >= 11 is 0. The quantitative estimate of drug-likeness (QED) is 0.522. The molecule has 0 aliphatic rings. The van der Waals surface area contributed by atoms with Gasteiger partial charge in [0, 0.05) is 24.2 Å². The third-order valence-electron chi connectivity index (χ3n) is 4.59. The second kappa shape index (κ2) is 9.41. The first kappa shape index (κ1) is 21.3. The van der Waals surface area contributed by atoms with Crippen molar-refractivity contribution in [1.82, 2.24) is 0 Å². The molecule has 0 atom stereocenters. The van der Waals surface area contributed by atoms with Gasteiger partial charge in [-0.15, -0.1) is 0 Å². The van der Waals surface area contributed by atoms with E-state index in [1.807, 2.05) is 31.2 Å². The van der Waals surface area contributed by atoms with E-state index in [2.05, 4.69) is 4.72 Å². The molecule has 154 valence electrons. The molecule has 0 aliphatic heterocycles. The monoisotopic (exact) mass is 420 g/mol. The van der Waals surface area contributed by atoms with Gasteiger partial charge >= 0.3 is 0 Å². The maximum absolute atomic E-state index is 12.4. The average Bonchev–Trinajstić information content (AvgIpc) is 2.71. The van der Waals surface area contributed by atoms with Crippen molar-refractivity contribution in [3.63, 3.8) is 0 Å². The van der Waals surface area contributed by atoms with Crippen LogP contribution in [-0.4, -0.2) is 14.2 Å². The number of para-hydroxylation sites is 1. The van der Waals surface area contributed by atoms with Gasteiger partial charge in [-0.25, -0.2) is 8.42 Å². The highest BCUT2D eigenvalue weighted by Gasteiger charge is 2.13. The van der Waals surface area contributed by atoms with Gasteiger partial charge in [0.2, 0.25) is 0 Å². The third kappa shape index (κ3) is 5.81. The molecule has 0 bridgehead atoms. The molecule has 0 saturated heterocycles. The lowest BCUT2D eigenvalue weighted by atomic mass is 10.0. The number of ketones is 1. The summed E-state index contributed by atoms with van der Waals surface area (Å²) in [5.74, 6) is 0.0756. The van der Waals surface area contributed by atoms with E-state index in [1.165, 1.54) is 0 Å². The van der Waals surface area contributed by atoms with Gasteiger partial charge in [-0.05, 0) is 48.4 Å². The van der Waals surface area contributed by atoms with Crippen LogP contribution >= 0.6 is 0 Å². The molecule has 0 unspecified atom stereocenters.